The maximum atomic E-state index is 12.7. The molecule has 0 aliphatic heterocycles. The lowest BCUT2D eigenvalue weighted by atomic mass is 10.3. The summed E-state index contributed by atoms with van der Waals surface area (Å²) in [6.07, 6.45) is -4.66. The number of carbonyl (C=O) groups is 1. The summed E-state index contributed by atoms with van der Waals surface area (Å²) in [5.74, 6) is -2.08. The second-order valence-corrected chi connectivity index (χ2v) is 9.13. The first-order valence-corrected chi connectivity index (χ1v) is 10.3. The molecular formula is C14H15ClF3N5O3S2. The smallest absolute Gasteiger partial charge is 0.324 e. The van der Waals surface area contributed by atoms with Gasteiger partial charge in [0.15, 0.2) is 5.16 Å². The molecule has 0 unspecified atom stereocenters. The summed E-state index contributed by atoms with van der Waals surface area (Å²) in [7, 11) is 0.113. The molecule has 0 saturated carbocycles. The molecule has 0 bridgehead atoms. The van der Waals surface area contributed by atoms with Crippen molar-refractivity contribution in [2.24, 2.45) is 7.05 Å². The number of halogens is 4. The van der Waals surface area contributed by atoms with Gasteiger partial charge in [0.05, 0.1) is 21.4 Å². The molecule has 0 fully saturated rings. The van der Waals surface area contributed by atoms with E-state index in [1.165, 1.54) is 32.3 Å². The number of carbonyl (C=O) groups excluding carboxylic acids is 1. The predicted molar refractivity (Wildman–Crippen MR) is 97.7 cm³/mol. The van der Waals surface area contributed by atoms with Gasteiger partial charge < -0.3 is 9.88 Å². The van der Waals surface area contributed by atoms with E-state index in [-0.39, 0.29) is 26.5 Å². The summed E-state index contributed by atoms with van der Waals surface area (Å²) < 4.78 is 64.2. The van der Waals surface area contributed by atoms with Crippen LogP contribution in [-0.4, -0.2) is 53.2 Å². The maximum Gasteiger partial charge on any atom is 0.451 e. The molecule has 2 rings (SSSR count). The minimum absolute atomic E-state index is 0.0594. The fraction of sp³-hybridized carbons (Fsp3) is 0.357. The van der Waals surface area contributed by atoms with E-state index < -0.39 is 27.9 Å². The average molecular weight is 458 g/mol. The van der Waals surface area contributed by atoms with E-state index in [0.717, 1.165) is 27.7 Å². The molecule has 0 saturated heterocycles. The number of hydrogen-bond acceptors (Lipinski definition) is 6. The van der Waals surface area contributed by atoms with Crippen LogP contribution in [0.25, 0.3) is 0 Å². The highest BCUT2D eigenvalue weighted by Gasteiger charge is 2.37. The van der Waals surface area contributed by atoms with Gasteiger partial charge in [-0.2, -0.15) is 13.2 Å². The molecule has 154 valence electrons. The van der Waals surface area contributed by atoms with Gasteiger partial charge in [0.25, 0.3) is 0 Å². The topological polar surface area (TPSA) is 97.2 Å². The number of sulfonamides is 1. The summed E-state index contributed by atoms with van der Waals surface area (Å²) in [6.45, 7) is 0. The quantitative estimate of drug-likeness (QED) is 0.669. The minimum atomic E-state index is -4.66. The van der Waals surface area contributed by atoms with Gasteiger partial charge in [-0.3, -0.25) is 4.79 Å². The van der Waals surface area contributed by atoms with Crippen molar-refractivity contribution < 1.29 is 26.4 Å². The third kappa shape index (κ3) is 4.96. The molecular weight excluding hydrogens is 443 g/mol. The molecule has 0 aliphatic carbocycles. The molecule has 28 heavy (non-hydrogen) atoms. The molecule has 2 aromatic rings. The van der Waals surface area contributed by atoms with E-state index in [1.54, 1.807) is 0 Å². The number of amides is 1. The Hall–Kier alpha value is -1.83. The molecule has 0 radical (unpaired) electrons. The van der Waals surface area contributed by atoms with E-state index in [9.17, 15) is 26.4 Å². The zero-order valence-corrected chi connectivity index (χ0v) is 17.2. The highest BCUT2D eigenvalue weighted by molar-refractivity contribution is 7.99. The summed E-state index contributed by atoms with van der Waals surface area (Å²) >= 11 is 6.72. The van der Waals surface area contributed by atoms with Gasteiger partial charge in [-0.05, 0) is 18.2 Å². The second kappa shape index (κ2) is 8.27. The third-order valence-corrected chi connectivity index (χ3v) is 6.57. The lowest BCUT2D eigenvalue weighted by Gasteiger charge is -2.13. The molecule has 1 N–H and O–H groups in total. The summed E-state index contributed by atoms with van der Waals surface area (Å²) in [6, 6.07) is 3.81. The lowest BCUT2D eigenvalue weighted by Crippen LogP contribution is -2.22. The normalized spacial score (nSPS) is 12.4. The number of nitrogens with zero attached hydrogens (tertiary/aromatic N) is 4. The number of hydrogen-bond donors (Lipinski definition) is 1. The molecule has 14 heteroatoms. The number of alkyl halides is 3. The first-order chi connectivity index (χ1) is 12.8. The SMILES string of the molecule is CN(C)S(=O)(=O)c1ccc(Cl)c(NC(=O)CSc2nnc(C(F)(F)F)n2C)c1. The minimum Gasteiger partial charge on any atom is -0.324 e. The van der Waals surface area contributed by atoms with Crippen LogP contribution < -0.4 is 5.32 Å². The van der Waals surface area contributed by atoms with E-state index in [0.29, 0.717) is 0 Å². The summed E-state index contributed by atoms with van der Waals surface area (Å²) in [4.78, 5) is 12.0. The number of anilines is 1. The molecule has 1 heterocycles. The summed E-state index contributed by atoms with van der Waals surface area (Å²) in [5.41, 5.74) is 0.0594. The van der Waals surface area contributed by atoms with Crippen molar-refractivity contribution in [2.75, 3.05) is 25.2 Å². The molecule has 1 aromatic heterocycles. The molecule has 8 nitrogen and oxygen atoms in total. The van der Waals surface area contributed by atoms with Crippen LogP contribution in [0.4, 0.5) is 18.9 Å². The number of aromatic nitrogens is 3. The van der Waals surface area contributed by atoms with Crippen LogP contribution in [0.2, 0.25) is 5.02 Å². The first-order valence-electron chi connectivity index (χ1n) is 7.45. The van der Waals surface area contributed by atoms with Crippen molar-refractivity contribution in [3.05, 3.63) is 29.0 Å². The van der Waals surface area contributed by atoms with Crippen molar-refractivity contribution in [1.82, 2.24) is 19.1 Å². The molecule has 1 amide bonds. The zero-order valence-electron chi connectivity index (χ0n) is 14.8. The third-order valence-electron chi connectivity index (χ3n) is 3.41. The number of benzene rings is 1. The Balaban J connectivity index is 2.11. The Morgan fingerprint density at radius 2 is 1.96 bits per heavy atom. The second-order valence-electron chi connectivity index (χ2n) is 5.63. The van der Waals surface area contributed by atoms with Crippen molar-refractivity contribution in [2.45, 2.75) is 16.2 Å². The van der Waals surface area contributed by atoms with Crippen LogP contribution in [-0.2, 0) is 28.0 Å². The van der Waals surface area contributed by atoms with E-state index in [4.69, 9.17) is 11.6 Å². The van der Waals surface area contributed by atoms with Crippen LogP contribution in [0, 0.1) is 0 Å². The maximum absolute atomic E-state index is 12.7. The van der Waals surface area contributed by atoms with Crippen molar-refractivity contribution in [1.29, 1.82) is 0 Å². The molecule has 0 spiro atoms. The molecule has 0 atom stereocenters. The lowest BCUT2D eigenvalue weighted by molar-refractivity contribution is -0.147. The molecule has 0 aliphatic rings. The van der Waals surface area contributed by atoms with Gasteiger partial charge in [-0.1, -0.05) is 23.4 Å². The standard InChI is InChI=1S/C14H15ClF3N5O3S2/c1-22(2)28(25,26)8-4-5-9(15)10(6-8)19-11(24)7-27-13-21-20-12(23(13)3)14(16,17)18/h4-6H,7H2,1-3H3,(H,19,24). The van der Waals surface area contributed by atoms with Crippen LogP contribution in [0.5, 0.6) is 0 Å². The van der Waals surface area contributed by atoms with Crippen molar-refractivity contribution in [3.8, 4) is 0 Å². The monoisotopic (exact) mass is 457 g/mol. The van der Waals surface area contributed by atoms with Gasteiger partial charge in [0.2, 0.25) is 21.8 Å². The van der Waals surface area contributed by atoms with Gasteiger partial charge in [-0.15, -0.1) is 10.2 Å². The van der Waals surface area contributed by atoms with Crippen molar-refractivity contribution >= 4 is 45.0 Å². The van der Waals surface area contributed by atoms with Crippen LogP contribution in [0.3, 0.4) is 0 Å². The number of nitrogens with one attached hydrogen (secondary N) is 1. The van der Waals surface area contributed by atoms with E-state index in [2.05, 4.69) is 15.5 Å². The van der Waals surface area contributed by atoms with Gasteiger partial charge in [-0.25, -0.2) is 12.7 Å². The number of rotatable bonds is 6. The van der Waals surface area contributed by atoms with Crippen LogP contribution in [0.15, 0.2) is 28.3 Å². The first kappa shape index (κ1) is 22.5. The van der Waals surface area contributed by atoms with Crippen LogP contribution >= 0.6 is 23.4 Å². The van der Waals surface area contributed by atoms with Gasteiger partial charge in [0.1, 0.15) is 0 Å². The Morgan fingerprint density at radius 3 is 2.50 bits per heavy atom. The van der Waals surface area contributed by atoms with Gasteiger partial charge in [0, 0.05) is 21.1 Å². The Bertz CT molecular complexity index is 993. The highest BCUT2D eigenvalue weighted by atomic mass is 35.5. The Morgan fingerprint density at radius 1 is 1.32 bits per heavy atom. The van der Waals surface area contributed by atoms with Gasteiger partial charge >= 0.3 is 6.18 Å². The van der Waals surface area contributed by atoms with Crippen molar-refractivity contribution in [3.63, 3.8) is 0 Å². The fourth-order valence-corrected chi connectivity index (χ4v) is 3.78. The zero-order chi connectivity index (χ0) is 21.3. The number of thioether (sulfide) groups is 1. The average Bonchev–Trinajstić information content (AvgIpc) is 2.95. The van der Waals surface area contributed by atoms with E-state index in [1.807, 2.05) is 0 Å². The summed E-state index contributed by atoms with van der Waals surface area (Å²) in [5, 5.41) is 8.91. The Labute approximate surface area is 168 Å². The molecule has 1 aromatic carbocycles. The predicted octanol–water partition coefficient (Wildman–Crippen LogP) is 2.47. The fourth-order valence-electron chi connectivity index (χ4n) is 1.98. The van der Waals surface area contributed by atoms with E-state index >= 15 is 0 Å². The Kier molecular flexibility index (Phi) is 6.63. The largest absolute Gasteiger partial charge is 0.451 e. The highest BCUT2D eigenvalue weighted by Crippen LogP contribution is 2.30. The van der Waals surface area contributed by atoms with Crippen LogP contribution in [0.1, 0.15) is 5.82 Å².